The Hall–Kier alpha value is -1.90. The van der Waals surface area contributed by atoms with Crippen molar-refractivity contribution in [2.75, 3.05) is 0 Å². The molecule has 0 aliphatic heterocycles. The molecule has 0 amide bonds. The lowest BCUT2D eigenvalue weighted by atomic mass is 10.3. The highest BCUT2D eigenvalue weighted by Gasteiger charge is 2.31. The number of ether oxygens (including phenoxy) is 1. The number of hydrogen-bond acceptors (Lipinski definition) is 4. The van der Waals surface area contributed by atoms with Crippen LogP contribution in [0.4, 0.5) is 13.2 Å². The number of hydrazone groups is 1. The van der Waals surface area contributed by atoms with Gasteiger partial charge in [0.15, 0.2) is 5.11 Å². The summed E-state index contributed by atoms with van der Waals surface area (Å²) in [4.78, 5) is 3.66. The van der Waals surface area contributed by atoms with Gasteiger partial charge in [0.05, 0.1) is 18.1 Å². The fourth-order valence-electron chi connectivity index (χ4n) is 0.824. The molecule has 0 saturated carbocycles. The van der Waals surface area contributed by atoms with Crippen molar-refractivity contribution in [2.24, 2.45) is 10.8 Å². The molecule has 17 heavy (non-hydrogen) atoms. The summed E-state index contributed by atoms with van der Waals surface area (Å²) in [5.74, 6) is -0.406. The predicted molar refractivity (Wildman–Crippen MR) is 58.4 cm³/mol. The second kappa shape index (κ2) is 5.43. The smallest absolute Gasteiger partial charge is 0.404 e. The molecule has 1 aromatic rings. The molecule has 5 nitrogen and oxygen atoms in total. The summed E-state index contributed by atoms with van der Waals surface area (Å²) >= 11 is 4.48. The minimum Gasteiger partial charge on any atom is -0.404 e. The summed E-state index contributed by atoms with van der Waals surface area (Å²) < 4.78 is 39.1. The monoisotopic (exact) mass is 264 g/mol. The number of rotatable bonds is 3. The third-order valence-corrected chi connectivity index (χ3v) is 1.46. The van der Waals surface area contributed by atoms with E-state index >= 15 is 0 Å². The SMILES string of the molecule is NC(=S)NN=Cc1ccc(OC(F)(F)F)cn1. The molecule has 1 aromatic heterocycles. The number of hydrogen-bond donors (Lipinski definition) is 2. The second-order valence-electron chi connectivity index (χ2n) is 2.70. The Kier molecular flexibility index (Phi) is 4.21. The zero-order chi connectivity index (χ0) is 12.9. The van der Waals surface area contributed by atoms with Crippen LogP contribution < -0.4 is 15.9 Å². The summed E-state index contributed by atoms with van der Waals surface area (Å²) in [6, 6.07) is 2.41. The van der Waals surface area contributed by atoms with Crippen LogP contribution in [0.2, 0.25) is 0 Å². The van der Waals surface area contributed by atoms with Crippen LogP contribution in [0.5, 0.6) is 5.75 Å². The molecule has 9 heteroatoms. The van der Waals surface area contributed by atoms with Crippen LogP contribution >= 0.6 is 12.2 Å². The standard InChI is InChI=1S/C8H7F3N4OS/c9-8(10,11)16-6-2-1-5(13-4-6)3-14-15-7(12)17/h1-4H,(H3,12,15,17). The Bertz CT molecular complexity index is 418. The lowest BCUT2D eigenvalue weighted by Crippen LogP contribution is -2.24. The van der Waals surface area contributed by atoms with Gasteiger partial charge in [-0.25, -0.2) is 0 Å². The zero-order valence-corrected chi connectivity index (χ0v) is 9.05. The number of nitrogens with zero attached hydrogens (tertiary/aromatic N) is 2. The first-order valence-corrected chi connectivity index (χ1v) is 4.58. The van der Waals surface area contributed by atoms with Gasteiger partial charge in [0.1, 0.15) is 5.75 Å². The first-order valence-electron chi connectivity index (χ1n) is 4.17. The fraction of sp³-hybridized carbons (Fsp3) is 0.125. The van der Waals surface area contributed by atoms with E-state index in [1.54, 1.807) is 0 Å². The molecular formula is C8H7F3N4OS. The van der Waals surface area contributed by atoms with E-state index in [9.17, 15) is 13.2 Å². The van der Waals surface area contributed by atoms with Crippen LogP contribution in [0.3, 0.4) is 0 Å². The summed E-state index contributed by atoms with van der Waals surface area (Å²) in [6.07, 6.45) is -2.56. The van der Waals surface area contributed by atoms with E-state index in [1.165, 1.54) is 12.3 Å². The van der Waals surface area contributed by atoms with Crippen LogP contribution in [0.1, 0.15) is 5.69 Å². The lowest BCUT2D eigenvalue weighted by molar-refractivity contribution is -0.274. The Morgan fingerprint density at radius 3 is 2.71 bits per heavy atom. The number of nitrogens with two attached hydrogens (primary N) is 1. The largest absolute Gasteiger partial charge is 0.573 e. The molecule has 0 spiro atoms. The minimum atomic E-state index is -4.73. The quantitative estimate of drug-likeness (QED) is 0.486. The highest BCUT2D eigenvalue weighted by Crippen LogP contribution is 2.21. The van der Waals surface area contributed by atoms with Crippen molar-refractivity contribution in [2.45, 2.75) is 6.36 Å². The van der Waals surface area contributed by atoms with Gasteiger partial charge in [-0.15, -0.1) is 13.2 Å². The summed E-state index contributed by atoms with van der Waals surface area (Å²) in [5.41, 5.74) is 7.69. The minimum absolute atomic E-state index is 0.0294. The van der Waals surface area contributed by atoms with Gasteiger partial charge in [0.25, 0.3) is 0 Å². The zero-order valence-electron chi connectivity index (χ0n) is 8.23. The molecule has 0 fully saturated rings. The third kappa shape index (κ3) is 5.66. The molecule has 1 heterocycles. The van der Waals surface area contributed by atoms with E-state index < -0.39 is 12.1 Å². The maximum absolute atomic E-state index is 11.8. The lowest BCUT2D eigenvalue weighted by Gasteiger charge is -2.07. The van der Waals surface area contributed by atoms with Crippen LogP contribution in [0.25, 0.3) is 0 Å². The number of aromatic nitrogens is 1. The highest BCUT2D eigenvalue weighted by molar-refractivity contribution is 7.80. The van der Waals surface area contributed by atoms with Crippen LogP contribution in [0.15, 0.2) is 23.4 Å². The first kappa shape index (κ1) is 13.2. The van der Waals surface area contributed by atoms with E-state index in [4.69, 9.17) is 5.73 Å². The molecule has 3 N–H and O–H groups in total. The van der Waals surface area contributed by atoms with Crippen molar-refractivity contribution in [1.82, 2.24) is 10.4 Å². The van der Waals surface area contributed by atoms with Gasteiger partial charge >= 0.3 is 6.36 Å². The van der Waals surface area contributed by atoms with Crippen molar-refractivity contribution < 1.29 is 17.9 Å². The number of halogens is 3. The Labute approximate surface area is 99.5 Å². The summed E-state index contributed by atoms with van der Waals surface area (Å²) in [6.45, 7) is 0. The van der Waals surface area contributed by atoms with E-state index in [2.05, 4.69) is 32.5 Å². The van der Waals surface area contributed by atoms with E-state index in [1.807, 2.05) is 0 Å². The van der Waals surface area contributed by atoms with E-state index in [0.29, 0.717) is 5.69 Å². The van der Waals surface area contributed by atoms with Gasteiger partial charge < -0.3 is 10.5 Å². The fourth-order valence-corrected chi connectivity index (χ4v) is 0.877. The molecule has 0 radical (unpaired) electrons. The molecule has 0 aliphatic carbocycles. The number of nitrogens with one attached hydrogen (secondary N) is 1. The van der Waals surface area contributed by atoms with Gasteiger partial charge in [-0.2, -0.15) is 5.10 Å². The first-order chi connectivity index (χ1) is 7.87. The topological polar surface area (TPSA) is 72.5 Å². The second-order valence-corrected chi connectivity index (χ2v) is 3.14. The van der Waals surface area contributed by atoms with Crippen molar-refractivity contribution in [3.05, 3.63) is 24.0 Å². The van der Waals surface area contributed by atoms with Gasteiger partial charge in [0.2, 0.25) is 0 Å². The Morgan fingerprint density at radius 1 is 1.53 bits per heavy atom. The third-order valence-electron chi connectivity index (χ3n) is 1.36. The number of thiocarbonyl (C=S) groups is 1. The van der Waals surface area contributed by atoms with E-state index in [0.717, 1.165) is 12.3 Å². The molecule has 1 rings (SSSR count). The van der Waals surface area contributed by atoms with Crippen molar-refractivity contribution in [3.8, 4) is 5.75 Å². The molecule has 0 saturated heterocycles. The van der Waals surface area contributed by atoms with Crippen LogP contribution in [0, 0.1) is 0 Å². The van der Waals surface area contributed by atoms with Gasteiger partial charge in [0, 0.05) is 0 Å². The van der Waals surface area contributed by atoms with Gasteiger partial charge in [-0.3, -0.25) is 10.4 Å². The molecule has 0 bridgehead atoms. The molecule has 0 aliphatic rings. The number of alkyl halides is 3. The Balaban J connectivity index is 2.62. The van der Waals surface area contributed by atoms with Gasteiger partial charge in [-0.05, 0) is 24.4 Å². The van der Waals surface area contributed by atoms with Crippen molar-refractivity contribution >= 4 is 23.5 Å². The van der Waals surface area contributed by atoms with Crippen molar-refractivity contribution in [1.29, 1.82) is 0 Å². The molecular weight excluding hydrogens is 257 g/mol. The molecule has 92 valence electrons. The summed E-state index contributed by atoms with van der Waals surface area (Å²) in [5, 5.41) is 3.55. The van der Waals surface area contributed by atoms with Gasteiger partial charge in [-0.1, -0.05) is 0 Å². The molecule has 0 aromatic carbocycles. The Morgan fingerprint density at radius 2 is 2.24 bits per heavy atom. The maximum atomic E-state index is 11.8. The normalized spacial score (nSPS) is 11.5. The van der Waals surface area contributed by atoms with Crippen molar-refractivity contribution in [3.63, 3.8) is 0 Å². The predicted octanol–water partition coefficient (Wildman–Crippen LogP) is 1.15. The summed E-state index contributed by atoms with van der Waals surface area (Å²) in [7, 11) is 0. The van der Waals surface area contributed by atoms with Crippen LogP contribution in [-0.4, -0.2) is 22.7 Å². The average molecular weight is 264 g/mol. The van der Waals surface area contributed by atoms with Crippen LogP contribution in [-0.2, 0) is 0 Å². The molecule has 0 unspecified atom stereocenters. The maximum Gasteiger partial charge on any atom is 0.573 e. The molecule has 0 atom stereocenters. The highest BCUT2D eigenvalue weighted by atomic mass is 32.1. The average Bonchev–Trinajstić information content (AvgIpc) is 2.18. The van der Waals surface area contributed by atoms with E-state index in [-0.39, 0.29) is 5.11 Å². The number of pyridine rings is 1.